The molecule has 0 spiro atoms. The van der Waals surface area contributed by atoms with E-state index in [1.165, 1.54) is 0 Å². The first-order valence-corrected chi connectivity index (χ1v) is 5.74. The normalized spacial score (nSPS) is 9.78. The van der Waals surface area contributed by atoms with E-state index in [0.29, 0.717) is 13.2 Å². The molecule has 0 unspecified atom stereocenters. The van der Waals surface area contributed by atoms with Crippen molar-refractivity contribution in [1.29, 1.82) is 0 Å². The van der Waals surface area contributed by atoms with Crippen LogP contribution in [0.25, 0.3) is 0 Å². The van der Waals surface area contributed by atoms with Gasteiger partial charge in [0.05, 0.1) is 0 Å². The first-order valence-electron chi connectivity index (χ1n) is 5.74. The Morgan fingerprint density at radius 2 is 1.78 bits per heavy atom. The lowest BCUT2D eigenvalue weighted by Crippen LogP contribution is -2.09. The van der Waals surface area contributed by atoms with Crippen molar-refractivity contribution in [3.63, 3.8) is 0 Å². The van der Waals surface area contributed by atoms with Crippen LogP contribution >= 0.6 is 0 Å². The fourth-order valence-corrected chi connectivity index (χ4v) is 1.62. The summed E-state index contributed by atoms with van der Waals surface area (Å²) in [5.74, 6) is 0.795. The van der Waals surface area contributed by atoms with Crippen molar-refractivity contribution in [2.45, 2.75) is 13.2 Å². The van der Waals surface area contributed by atoms with Crippen molar-refractivity contribution in [2.75, 3.05) is 0 Å². The molecular formula is C15H14NO2. The summed E-state index contributed by atoms with van der Waals surface area (Å²) in [7, 11) is 0. The van der Waals surface area contributed by atoms with Gasteiger partial charge in [0.25, 0.3) is 0 Å². The van der Waals surface area contributed by atoms with Gasteiger partial charge in [-0.15, -0.1) is 0 Å². The van der Waals surface area contributed by atoms with Gasteiger partial charge in [-0.3, -0.25) is 4.79 Å². The molecule has 0 saturated heterocycles. The van der Waals surface area contributed by atoms with Crippen molar-refractivity contribution in [1.82, 2.24) is 5.32 Å². The van der Waals surface area contributed by atoms with Crippen LogP contribution in [0.1, 0.15) is 11.1 Å². The highest BCUT2D eigenvalue weighted by Crippen LogP contribution is 2.15. The molecule has 2 rings (SSSR count). The molecule has 0 aliphatic heterocycles. The van der Waals surface area contributed by atoms with Gasteiger partial charge < -0.3 is 10.1 Å². The van der Waals surface area contributed by atoms with Crippen molar-refractivity contribution < 1.29 is 9.53 Å². The molecule has 2 aromatic carbocycles. The summed E-state index contributed by atoms with van der Waals surface area (Å²) in [5, 5.41) is 2.50. The minimum atomic E-state index is 0.464. The van der Waals surface area contributed by atoms with Gasteiger partial charge in [0.15, 0.2) is 0 Å². The third-order valence-electron chi connectivity index (χ3n) is 2.51. The number of amides is 1. The Morgan fingerprint density at radius 3 is 2.56 bits per heavy atom. The van der Waals surface area contributed by atoms with E-state index < -0.39 is 0 Å². The van der Waals surface area contributed by atoms with Gasteiger partial charge in [0.1, 0.15) is 12.4 Å². The summed E-state index contributed by atoms with van der Waals surface area (Å²) in [4.78, 5) is 10.1. The molecule has 0 aromatic heterocycles. The molecular weight excluding hydrogens is 226 g/mol. The van der Waals surface area contributed by atoms with Gasteiger partial charge in [-0.05, 0) is 23.3 Å². The third kappa shape index (κ3) is 3.63. The molecule has 3 nitrogen and oxygen atoms in total. The van der Waals surface area contributed by atoms with Crippen LogP contribution in [-0.2, 0) is 17.9 Å². The summed E-state index contributed by atoms with van der Waals surface area (Å²) in [6.07, 6.45) is 1.65. The van der Waals surface area contributed by atoms with Crippen LogP contribution in [-0.4, -0.2) is 6.41 Å². The van der Waals surface area contributed by atoms with Crippen LogP contribution in [0.15, 0.2) is 54.6 Å². The van der Waals surface area contributed by atoms with E-state index in [9.17, 15) is 4.79 Å². The number of benzene rings is 2. The summed E-state index contributed by atoms with van der Waals surface area (Å²) in [6.45, 7) is 1.00. The van der Waals surface area contributed by atoms with Gasteiger partial charge in [0.2, 0.25) is 0 Å². The first kappa shape index (κ1) is 12.2. The maximum atomic E-state index is 10.1. The number of rotatable bonds is 6. The average Bonchev–Trinajstić information content (AvgIpc) is 2.44. The summed E-state index contributed by atoms with van der Waals surface area (Å²) >= 11 is 0. The molecule has 0 heterocycles. The Labute approximate surface area is 106 Å². The Bertz CT molecular complexity index is 497. The molecule has 0 saturated carbocycles. The van der Waals surface area contributed by atoms with Crippen molar-refractivity contribution in [3.8, 4) is 5.75 Å². The second-order valence-corrected chi connectivity index (χ2v) is 3.88. The van der Waals surface area contributed by atoms with Gasteiger partial charge in [-0.25, -0.2) is 0 Å². The fraction of sp³-hybridized carbons (Fsp3) is 0.133. The number of ether oxygens (including phenoxy) is 1. The predicted molar refractivity (Wildman–Crippen MR) is 69.7 cm³/mol. The van der Waals surface area contributed by atoms with Crippen LogP contribution in [0.2, 0.25) is 0 Å². The monoisotopic (exact) mass is 240 g/mol. The van der Waals surface area contributed by atoms with Gasteiger partial charge in [0, 0.05) is 6.54 Å². The molecule has 1 N–H and O–H groups in total. The number of hydrogen-bond acceptors (Lipinski definition) is 2. The Balaban J connectivity index is 1.95. The van der Waals surface area contributed by atoms with Gasteiger partial charge in [-0.1, -0.05) is 42.5 Å². The second kappa shape index (κ2) is 6.45. The zero-order valence-corrected chi connectivity index (χ0v) is 9.93. The minimum Gasteiger partial charge on any atom is -0.489 e. The molecule has 0 aliphatic carbocycles. The highest BCUT2D eigenvalue weighted by atomic mass is 16.5. The largest absolute Gasteiger partial charge is 0.489 e. The molecule has 3 heteroatoms. The lowest BCUT2D eigenvalue weighted by molar-refractivity contribution is 0.306. The van der Waals surface area contributed by atoms with E-state index in [2.05, 4.69) is 5.32 Å². The number of nitrogens with one attached hydrogen (secondary N) is 1. The lowest BCUT2D eigenvalue weighted by atomic mass is 10.2. The predicted octanol–water partition coefficient (Wildman–Crippen LogP) is 2.42. The van der Waals surface area contributed by atoms with E-state index in [1.807, 2.05) is 54.6 Å². The third-order valence-corrected chi connectivity index (χ3v) is 2.51. The highest BCUT2D eigenvalue weighted by Gasteiger charge is 1.98. The van der Waals surface area contributed by atoms with E-state index in [-0.39, 0.29) is 0 Å². The summed E-state index contributed by atoms with van der Waals surface area (Å²) in [6, 6.07) is 17.6. The van der Waals surface area contributed by atoms with E-state index in [1.54, 1.807) is 6.41 Å². The first-order chi connectivity index (χ1) is 8.88. The van der Waals surface area contributed by atoms with E-state index in [4.69, 9.17) is 4.74 Å². The highest BCUT2D eigenvalue weighted by molar-refractivity contribution is 5.47. The second-order valence-electron chi connectivity index (χ2n) is 3.88. The minimum absolute atomic E-state index is 0.464. The van der Waals surface area contributed by atoms with E-state index >= 15 is 0 Å². The van der Waals surface area contributed by atoms with Crippen molar-refractivity contribution >= 4 is 6.41 Å². The summed E-state index contributed by atoms with van der Waals surface area (Å²) in [5.41, 5.74) is 2.12. The summed E-state index contributed by atoms with van der Waals surface area (Å²) < 4.78 is 5.69. The smallest absolute Gasteiger partial charge is 0.309 e. The quantitative estimate of drug-likeness (QED) is 0.787. The molecule has 18 heavy (non-hydrogen) atoms. The SMILES string of the molecule is O=[C]NCc1cccc(OCc2ccccc2)c1. The Hall–Kier alpha value is -2.29. The molecule has 0 bridgehead atoms. The molecule has 2 aromatic rings. The van der Waals surface area contributed by atoms with Crippen LogP contribution in [0.5, 0.6) is 5.75 Å². The maximum Gasteiger partial charge on any atom is 0.309 e. The Morgan fingerprint density at radius 1 is 1.00 bits per heavy atom. The zero-order valence-electron chi connectivity index (χ0n) is 9.93. The van der Waals surface area contributed by atoms with Gasteiger partial charge in [-0.2, -0.15) is 0 Å². The van der Waals surface area contributed by atoms with Crippen LogP contribution in [0.3, 0.4) is 0 Å². The fourth-order valence-electron chi connectivity index (χ4n) is 1.62. The molecule has 91 valence electrons. The van der Waals surface area contributed by atoms with Crippen LogP contribution in [0, 0.1) is 0 Å². The standard InChI is InChI=1S/C15H14NO2/c17-12-16-10-14-7-4-8-15(9-14)18-11-13-5-2-1-3-6-13/h1-9H,10-11H2,(H,16,17). The number of hydrogen-bond donors (Lipinski definition) is 1. The van der Waals surface area contributed by atoms with Crippen molar-refractivity contribution in [3.05, 3.63) is 65.7 Å². The lowest BCUT2D eigenvalue weighted by Gasteiger charge is -2.07. The zero-order chi connectivity index (χ0) is 12.6. The molecule has 0 aliphatic rings. The number of carbonyl (C=O) groups excluding carboxylic acids is 1. The molecule has 0 fully saturated rings. The van der Waals surface area contributed by atoms with Crippen LogP contribution < -0.4 is 10.1 Å². The van der Waals surface area contributed by atoms with Crippen molar-refractivity contribution in [2.24, 2.45) is 0 Å². The molecule has 1 amide bonds. The topological polar surface area (TPSA) is 38.3 Å². The van der Waals surface area contributed by atoms with Crippen LogP contribution in [0.4, 0.5) is 0 Å². The average molecular weight is 240 g/mol. The Kier molecular flexibility index (Phi) is 4.36. The maximum absolute atomic E-state index is 10.1. The van der Waals surface area contributed by atoms with Gasteiger partial charge >= 0.3 is 6.41 Å². The van der Waals surface area contributed by atoms with E-state index in [0.717, 1.165) is 16.9 Å². The molecule has 0 atom stereocenters. The molecule has 1 radical (unpaired) electrons.